The molecule has 5 heteroatoms. The van der Waals surface area contributed by atoms with Crippen molar-refractivity contribution in [3.63, 3.8) is 0 Å². The highest BCUT2D eigenvalue weighted by Gasteiger charge is 2.33. The van der Waals surface area contributed by atoms with Gasteiger partial charge in [0.2, 0.25) is 5.78 Å². The van der Waals surface area contributed by atoms with E-state index in [1.165, 1.54) is 5.56 Å². The van der Waals surface area contributed by atoms with Gasteiger partial charge in [0, 0.05) is 0 Å². The Morgan fingerprint density at radius 1 is 0.947 bits per heavy atom. The third-order valence-corrected chi connectivity index (χ3v) is 7.36. The summed E-state index contributed by atoms with van der Waals surface area (Å²) in [6, 6.07) is 13.5. The first-order valence-corrected chi connectivity index (χ1v) is 13.5. The molecule has 2 aromatic rings. The zero-order valence-corrected chi connectivity index (χ0v) is 24.7. The van der Waals surface area contributed by atoms with E-state index in [0.717, 1.165) is 24.8 Å². The SMILES string of the molecule is C#CC(=O)c1cc(OCc2ccc(C(CC(C)(C)CC)C(C)(C)CC)cc2)ccc1NC(=O)OC(C)(C)C. The summed E-state index contributed by atoms with van der Waals surface area (Å²) >= 11 is 0. The molecular weight excluding hydrogens is 474 g/mol. The van der Waals surface area contributed by atoms with E-state index < -0.39 is 17.5 Å². The summed E-state index contributed by atoms with van der Waals surface area (Å²) in [6.45, 7) is 19.6. The van der Waals surface area contributed by atoms with E-state index in [1.54, 1.807) is 39.0 Å². The van der Waals surface area contributed by atoms with Crippen LogP contribution in [0, 0.1) is 23.2 Å². The van der Waals surface area contributed by atoms with Crippen molar-refractivity contribution in [1.29, 1.82) is 0 Å². The maximum absolute atomic E-state index is 12.4. The van der Waals surface area contributed by atoms with Crippen molar-refractivity contribution in [3.8, 4) is 18.1 Å². The average molecular weight is 520 g/mol. The molecule has 0 aliphatic carbocycles. The van der Waals surface area contributed by atoms with Gasteiger partial charge in [0.05, 0.1) is 11.3 Å². The van der Waals surface area contributed by atoms with Crippen molar-refractivity contribution in [2.45, 2.75) is 99.7 Å². The van der Waals surface area contributed by atoms with Crippen molar-refractivity contribution in [2.24, 2.45) is 10.8 Å². The highest BCUT2D eigenvalue weighted by atomic mass is 16.6. The Morgan fingerprint density at radius 3 is 2.11 bits per heavy atom. The lowest BCUT2D eigenvalue weighted by molar-refractivity contribution is 0.0636. The van der Waals surface area contributed by atoms with Crippen LogP contribution >= 0.6 is 0 Å². The summed E-state index contributed by atoms with van der Waals surface area (Å²) in [7, 11) is 0. The van der Waals surface area contributed by atoms with Crippen LogP contribution in [0.3, 0.4) is 0 Å². The number of carbonyl (C=O) groups is 2. The van der Waals surface area contributed by atoms with Crippen LogP contribution in [0.15, 0.2) is 42.5 Å². The minimum atomic E-state index is -0.669. The van der Waals surface area contributed by atoms with Crippen LogP contribution < -0.4 is 10.1 Å². The fraction of sp³-hybridized carbons (Fsp3) is 0.515. The van der Waals surface area contributed by atoms with Crippen LogP contribution in [-0.2, 0) is 11.3 Å². The number of ketones is 1. The second-order valence-corrected chi connectivity index (χ2v) is 12.5. The lowest BCUT2D eigenvalue weighted by Gasteiger charge is -2.39. The molecule has 2 rings (SSSR count). The second-order valence-electron chi connectivity index (χ2n) is 12.5. The number of terminal acetylenes is 1. The van der Waals surface area contributed by atoms with Crippen LogP contribution in [0.1, 0.15) is 109 Å². The summed E-state index contributed by atoms with van der Waals surface area (Å²) in [5.41, 5.74) is 2.63. The Balaban J connectivity index is 2.19. The Hall–Kier alpha value is -3.26. The zero-order valence-electron chi connectivity index (χ0n) is 24.7. The number of Topliss-reactive ketones (excluding diaryl/α,β-unsaturated/α-hetero) is 1. The molecule has 0 bridgehead atoms. The molecule has 0 aromatic heterocycles. The van der Waals surface area contributed by atoms with E-state index >= 15 is 0 Å². The van der Waals surface area contributed by atoms with Gasteiger partial charge in [-0.2, -0.15) is 0 Å². The number of amides is 1. The van der Waals surface area contributed by atoms with Crippen molar-refractivity contribution in [1.82, 2.24) is 0 Å². The summed E-state index contributed by atoms with van der Waals surface area (Å²) in [4.78, 5) is 24.6. The molecule has 1 N–H and O–H groups in total. The minimum absolute atomic E-state index is 0.175. The third kappa shape index (κ3) is 8.94. The number of hydrogen-bond acceptors (Lipinski definition) is 4. The summed E-state index contributed by atoms with van der Waals surface area (Å²) in [6.07, 6.45) is 8.09. The van der Waals surface area contributed by atoms with Crippen molar-refractivity contribution < 1.29 is 19.1 Å². The number of anilines is 1. The smallest absolute Gasteiger partial charge is 0.412 e. The molecule has 1 amide bonds. The van der Waals surface area contributed by atoms with Crippen LogP contribution in [0.25, 0.3) is 0 Å². The molecule has 0 radical (unpaired) electrons. The maximum Gasteiger partial charge on any atom is 0.412 e. The van der Waals surface area contributed by atoms with Crippen LogP contribution in [0.4, 0.5) is 10.5 Å². The predicted octanol–water partition coefficient (Wildman–Crippen LogP) is 8.77. The van der Waals surface area contributed by atoms with Gasteiger partial charge < -0.3 is 9.47 Å². The van der Waals surface area contributed by atoms with Gasteiger partial charge in [-0.05, 0) is 79.2 Å². The molecule has 0 heterocycles. The van der Waals surface area contributed by atoms with Crippen LogP contribution in [-0.4, -0.2) is 17.5 Å². The van der Waals surface area contributed by atoms with Gasteiger partial charge in [0.15, 0.2) is 0 Å². The number of carbonyl (C=O) groups excluding carboxylic acids is 2. The Morgan fingerprint density at radius 2 is 1.58 bits per heavy atom. The van der Waals surface area contributed by atoms with Gasteiger partial charge in [-0.1, -0.05) is 78.6 Å². The molecule has 0 aliphatic heterocycles. The van der Waals surface area contributed by atoms with Gasteiger partial charge in [-0.3, -0.25) is 10.1 Å². The Kier molecular flexibility index (Phi) is 10.2. The van der Waals surface area contributed by atoms with E-state index in [9.17, 15) is 9.59 Å². The molecule has 0 fully saturated rings. The van der Waals surface area contributed by atoms with Crippen molar-refractivity contribution >= 4 is 17.6 Å². The van der Waals surface area contributed by atoms with Gasteiger partial charge in [0.25, 0.3) is 0 Å². The molecule has 0 saturated heterocycles. The predicted molar refractivity (Wildman–Crippen MR) is 156 cm³/mol. The van der Waals surface area contributed by atoms with E-state index in [0.29, 0.717) is 18.3 Å². The first-order valence-electron chi connectivity index (χ1n) is 13.5. The fourth-order valence-corrected chi connectivity index (χ4v) is 4.20. The molecular formula is C33H45NO4. The molecule has 5 nitrogen and oxygen atoms in total. The molecule has 0 spiro atoms. The first kappa shape index (κ1) is 31.0. The van der Waals surface area contributed by atoms with Gasteiger partial charge in [0.1, 0.15) is 18.0 Å². The topological polar surface area (TPSA) is 64.6 Å². The molecule has 1 atom stereocenters. The minimum Gasteiger partial charge on any atom is -0.489 e. The van der Waals surface area contributed by atoms with Gasteiger partial charge in [-0.25, -0.2) is 4.79 Å². The average Bonchev–Trinajstić information content (AvgIpc) is 2.85. The van der Waals surface area contributed by atoms with Gasteiger partial charge >= 0.3 is 6.09 Å². The lowest BCUT2D eigenvalue weighted by Crippen LogP contribution is -2.27. The first-order chi connectivity index (χ1) is 17.6. The van der Waals surface area contributed by atoms with E-state index in [2.05, 4.69) is 77.0 Å². The van der Waals surface area contributed by atoms with E-state index in [4.69, 9.17) is 15.9 Å². The quantitative estimate of drug-likeness (QED) is 0.183. The highest BCUT2D eigenvalue weighted by molar-refractivity contribution is 6.13. The number of rotatable bonds is 11. The summed E-state index contributed by atoms with van der Waals surface area (Å²) < 4.78 is 11.3. The Labute approximate surface area is 229 Å². The highest BCUT2D eigenvalue weighted by Crippen LogP contribution is 2.46. The largest absolute Gasteiger partial charge is 0.489 e. The normalized spacial score (nSPS) is 12.8. The van der Waals surface area contributed by atoms with Crippen molar-refractivity contribution in [3.05, 3.63) is 59.2 Å². The number of nitrogens with one attached hydrogen (secondary N) is 1. The Bertz CT molecular complexity index is 1150. The molecule has 206 valence electrons. The van der Waals surface area contributed by atoms with Crippen LogP contribution in [0.2, 0.25) is 0 Å². The van der Waals surface area contributed by atoms with E-state index in [-0.39, 0.29) is 22.1 Å². The van der Waals surface area contributed by atoms with E-state index in [1.807, 2.05) is 0 Å². The lowest BCUT2D eigenvalue weighted by atomic mass is 9.66. The number of ether oxygens (including phenoxy) is 2. The van der Waals surface area contributed by atoms with Crippen molar-refractivity contribution in [2.75, 3.05) is 5.32 Å². The zero-order chi connectivity index (χ0) is 28.7. The second kappa shape index (κ2) is 12.5. The molecule has 0 saturated carbocycles. The molecule has 38 heavy (non-hydrogen) atoms. The standard InChI is InChI=1S/C33H45NO4/c1-11-29(35)26-20-25(18-19-28(26)34-30(36)38-31(4,5)6)37-22-23-14-16-24(17-15-23)27(33(9,10)13-3)21-32(7,8)12-2/h1,14-20,27H,12-13,21-22H2,2-10H3,(H,34,36). The maximum atomic E-state index is 12.4. The monoisotopic (exact) mass is 519 g/mol. The number of hydrogen-bond donors (Lipinski definition) is 1. The third-order valence-electron chi connectivity index (χ3n) is 7.36. The molecule has 0 aliphatic rings. The van der Waals surface area contributed by atoms with Crippen LogP contribution in [0.5, 0.6) is 5.75 Å². The molecule has 2 aromatic carbocycles. The summed E-state index contributed by atoms with van der Waals surface area (Å²) in [5.74, 6) is 2.50. The molecule has 1 unspecified atom stereocenters. The number of benzene rings is 2. The summed E-state index contributed by atoms with van der Waals surface area (Å²) in [5, 5.41) is 2.60. The van der Waals surface area contributed by atoms with Gasteiger partial charge in [-0.15, -0.1) is 6.42 Å². The fourth-order valence-electron chi connectivity index (χ4n) is 4.20.